The van der Waals surface area contributed by atoms with Crippen molar-refractivity contribution in [1.82, 2.24) is 9.80 Å². The molecule has 1 aromatic rings. The minimum absolute atomic E-state index is 0.0775. The summed E-state index contributed by atoms with van der Waals surface area (Å²) in [5.74, 6) is 0.447. The smallest absolute Gasteiger partial charge is 0.124 e. The molecule has 1 rings (SSSR count). The quantitative estimate of drug-likeness (QED) is 0.850. The van der Waals surface area contributed by atoms with Gasteiger partial charge in [0.25, 0.3) is 0 Å². The molecule has 23 heavy (non-hydrogen) atoms. The van der Waals surface area contributed by atoms with Crippen LogP contribution in [-0.2, 0) is 18.5 Å². The van der Waals surface area contributed by atoms with Crippen molar-refractivity contribution in [2.24, 2.45) is 5.41 Å². The molecule has 0 saturated heterocycles. The van der Waals surface area contributed by atoms with Crippen LogP contribution in [0.15, 0.2) is 12.1 Å². The van der Waals surface area contributed by atoms with Crippen molar-refractivity contribution < 1.29 is 5.11 Å². The van der Waals surface area contributed by atoms with E-state index in [9.17, 15) is 5.11 Å². The average molecular weight is 321 g/mol. The Balaban J connectivity index is 3.36. The Morgan fingerprint density at radius 3 is 1.52 bits per heavy atom. The first-order valence-electron chi connectivity index (χ1n) is 8.46. The first-order chi connectivity index (χ1) is 10.3. The zero-order chi connectivity index (χ0) is 18.0. The second kappa shape index (κ2) is 7.23. The van der Waals surface area contributed by atoms with E-state index >= 15 is 0 Å². The Morgan fingerprint density at radius 1 is 0.826 bits per heavy atom. The van der Waals surface area contributed by atoms with Gasteiger partial charge < -0.3 is 14.9 Å². The van der Waals surface area contributed by atoms with Gasteiger partial charge in [-0.15, -0.1) is 0 Å². The summed E-state index contributed by atoms with van der Waals surface area (Å²) in [4.78, 5) is 4.21. The van der Waals surface area contributed by atoms with Crippen LogP contribution in [0.25, 0.3) is 0 Å². The second-order valence-corrected chi connectivity index (χ2v) is 9.24. The van der Waals surface area contributed by atoms with Gasteiger partial charge in [-0.2, -0.15) is 0 Å². The van der Waals surface area contributed by atoms with Crippen LogP contribution in [0.5, 0.6) is 5.75 Å². The van der Waals surface area contributed by atoms with Crippen LogP contribution in [0, 0.1) is 5.41 Å². The van der Waals surface area contributed by atoms with E-state index in [1.807, 2.05) is 28.2 Å². The highest BCUT2D eigenvalue weighted by Gasteiger charge is 2.28. The molecule has 0 radical (unpaired) electrons. The number of rotatable bonds is 6. The van der Waals surface area contributed by atoms with Crippen molar-refractivity contribution >= 4 is 0 Å². The Morgan fingerprint density at radius 2 is 1.22 bits per heavy atom. The van der Waals surface area contributed by atoms with Gasteiger partial charge in [-0.3, -0.25) is 0 Å². The molecule has 0 aliphatic rings. The van der Waals surface area contributed by atoms with E-state index < -0.39 is 0 Å². The van der Waals surface area contributed by atoms with Crippen molar-refractivity contribution in [2.45, 2.75) is 59.5 Å². The molecule has 0 heterocycles. The SMILES string of the molecule is CN(C)Cc1cc(C(C)(C)CC(C)(C)C)cc(CN(C)C)c1O. The molecule has 0 aliphatic carbocycles. The third-order valence-electron chi connectivity index (χ3n) is 3.99. The lowest BCUT2D eigenvalue weighted by molar-refractivity contribution is 0.283. The molecule has 0 saturated carbocycles. The van der Waals surface area contributed by atoms with Gasteiger partial charge in [0.2, 0.25) is 0 Å². The molecule has 1 aromatic carbocycles. The molecule has 132 valence electrons. The molecular formula is C20H36N2O. The van der Waals surface area contributed by atoms with E-state index in [-0.39, 0.29) is 10.8 Å². The standard InChI is InChI=1S/C20H36N2O/c1-19(2,3)14-20(4,5)17-10-15(12-21(6)7)18(23)16(11-17)13-22(8)9/h10-11,23H,12-14H2,1-9H3. The number of hydrogen-bond donors (Lipinski definition) is 1. The average Bonchev–Trinajstić information content (AvgIpc) is 2.29. The van der Waals surface area contributed by atoms with Crippen LogP contribution < -0.4 is 0 Å². The molecule has 0 atom stereocenters. The highest BCUT2D eigenvalue weighted by atomic mass is 16.3. The first kappa shape index (κ1) is 20.0. The van der Waals surface area contributed by atoms with Crippen LogP contribution >= 0.6 is 0 Å². The fourth-order valence-electron chi connectivity index (χ4n) is 3.50. The number of phenols is 1. The van der Waals surface area contributed by atoms with E-state index in [2.05, 4.69) is 56.6 Å². The van der Waals surface area contributed by atoms with Gasteiger partial charge in [-0.25, -0.2) is 0 Å². The van der Waals surface area contributed by atoms with Crippen molar-refractivity contribution in [1.29, 1.82) is 0 Å². The van der Waals surface area contributed by atoms with Gasteiger partial charge in [-0.05, 0) is 51.0 Å². The zero-order valence-corrected chi connectivity index (χ0v) is 16.6. The summed E-state index contributed by atoms with van der Waals surface area (Å²) in [6, 6.07) is 4.39. The van der Waals surface area contributed by atoms with Crippen molar-refractivity contribution in [2.75, 3.05) is 28.2 Å². The van der Waals surface area contributed by atoms with E-state index in [0.717, 1.165) is 30.6 Å². The van der Waals surface area contributed by atoms with E-state index in [1.54, 1.807) is 0 Å². The molecule has 0 spiro atoms. The van der Waals surface area contributed by atoms with E-state index in [1.165, 1.54) is 5.56 Å². The fraction of sp³-hybridized carbons (Fsp3) is 0.700. The monoisotopic (exact) mass is 320 g/mol. The fourth-order valence-corrected chi connectivity index (χ4v) is 3.50. The molecular weight excluding hydrogens is 284 g/mol. The van der Waals surface area contributed by atoms with E-state index in [0.29, 0.717) is 5.75 Å². The molecule has 0 bridgehead atoms. The van der Waals surface area contributed by atoms with Gasteiger partial charge in [-0.1, -0.05) is 46.8 Å². The maximum Gasteiger partial charge on any atom is 0.124 e. The molecule has 1 N–H and O–H groups in total. The van der Waals surface area contributed by atoms with E-state index in [4.69, 9.17) is 0 Å². The van der Waals surface area contributed by atoms with Crippen molar-refractivity contribution in [3.05, 3.63) is 28.8 Å². The van der Waals surface area contributed by atoms with Gasteiger partial charge in [0.15, 0.2) is 0 Å². The minimum Gasteiger partial charge on any atom is -0.507 e. The van der Waals surface area contributed by atoms with Gasteiger partial charge in [0, 0.05) is 24.2 Å². The van der Waals surface area contributed by atoms with Crippen LogP contribution in [-0.4, -0.2) is 43.1 Å². The number of nitrogens with zero attached hydrogens (tertiary/aromatic N) is 2. The van der Waals surface area contributed by atoms with Crippen LogP contribution in [0.2, 0.25) is 0 Å². The lowest BCUT2D eigenvalue weighted by atomic mass is 9.71. The summed E-state index contributed by atoms with van der Waals surface area (Å²) in [5, 5.41) is 10.7. The third kappa shape index (κ3) is 6.15. The van der Waals surface area contributed by atoms with Gasteiger partial charge in [0.1, 0.15) is 5.75 Å². The van der Waals surface area contributed by atoms with Crippen LogP contribution in [0.3, 0.4) is 0 Å². The Bertz CT molecular complexity index is 494. The number of benzene rings is 1. The van der Waals surface area contributed by atoms with Crippen molar-refractivity contribution in [3.8, 4) is 5.75 Å². The highest BCUT2D eigenvalue weighted by molar-refractivity contribution is 5.46. The predicted molar refractivity (Wildman–Crippen MR) is 100.0 cm³/mol. The van der Waals surface area contributed by atoms with Crippen LogP contribution in [0.1, 0.15) is 57.7 Å². The number of hydrogen-bond acceptors (Lipinski definition) is 3. The molecule has 0 fully saturated rings. The van der Waals surface area contributed by atoms with Gasteiger partial charge in [0.05, 0.1) is 0 Å². The maximum absolute atomic E-state index is 10.7. The number of aromatic hydroxyl groups is 1. The summed E-state index contributed by atoms with van der Waals surface area (Å²) in [6.07, 6.45) is 1.10. The molecule has 3 nitrogen and oxygen atoms in total. The predicted octanol–water partition coefficient (Wildman–Crippen LogP) is 4.23. The van der Waals surface area contributed by atoms with Crippen molar-refractivity contribution in [3.63, 3.8) is 0 Å². The lowest BCUT2D eigenvalue weighted by Crippen LogP contribution is -2.26. The summed E-state index contributed by atoms with van der Waals surface area (Å²) in [6.45, 7) is 13.0. The second-order valence-electron chi connectivity index (χ2n) is 9.24. The summed E-state index contributed by atoms with van der Waals surface area (Å²) in [5.41, 5.74) is 3.70. The Labute approximate surface area is 143 Å². The summed E-state index contributed by atoms with van der Waals surface area (Å²) >= 11 is 0. The molecule has 0 amide bonds. The maximum atomic E-state index is 10.7. The van der Waals surface area contributed by atoms with Gasteiger partial charge >= 0.3 is 0 Å². The molecule has 0 unspecified atom stereocenters. The largest absolute Gasteiger partial charge is 0.507 e. The Hall–Kier alpha value is -1.06. The summed E-state index contributed by atoms with van der Waals surface area (Å²) < 4.78 is 0. The lowest BCUT2D eigenvalue weighted by Gasteiger charge is -2.34. The first-order valence-corrected chi connectivity index (χ1v) is 8.46. The normalized spacial score (nSPS) is 13.2. The molecule has 0 aliphatic heterocycles. The molecule has 3 heteroatoms. The molecule has 0 aromatic heterocycles. The zero-order valence-electron chi connectivity index (χ0n) is 16.6. The highest BCUT2D eigenvalue weighted by Crippen LogP contribution is 2.39. The third-order valence-corrected chi connectivity index (χ3v) is 3.99. The summed E-state index contributed by atoms with van der Waals surface area (Å²) in [7, 11) is 8.16. The Kier molecular flexibility index (Phi) is 6.28. The van der Waals surface area contributed by atoms with Crippen LogP contribution in [0.4, 0.5) is 0 Å². The minimum atomic E-state index is 0.0775. The number of phenolic OH excluding ortho intramolecular Hbond substituents is 1. The topological polar surface area (TPSA) is 26.7 Å².